The van der Waals surface area contributed by atoms with Gasteiger partial charge in [0.05, 0.1) is 6.54 Å². The van der Waals surface area contributed by atoms with Gasteiger partial charge in [-0.15, -0.1) is 0 Å². The molecule has 7 heteroatoms. The minimum absolute atomic E-state index is 0.0126. The summed E-state index contributed by atoms with van der Waals surface area (Å²) in [6.07, 6.45) is 3.64. The number of carbonyl (C=O) groups excluding carboxylic acids is 2. The lowest BCUT2D eigenvalue weighted by atomic mass is 10.1. The Labute approximate surface area is 178 Å². The predicted octanol–water partition coefficient (Wildman–Crippen LogP) is 2.32. The summed E-state index contributed by atoms with van der Waals surface area (Å²) in [5.41, 5.74) is 2.52. The van der Waals surface area contributed by atoms with Gasteiger partial charge in [-0.05, 0) is 49.7 Å². The van der Waals surface area contributed by atoms with Crippen LogP contribution in [0, 0.1) is 0 Å². The van der Waals surface area contributed by atoms with E-state index in [0.717, 1.165) is 32.7 Å². The van der Waals surface area contributed by atoms with Gasteiger partial charge in [0.15, 0.2) is 0 Å². The van der Waals surface area contributed by atoms with E-state index >= 15 is 0 Å². The zero-order valence-corrected chi connectivity index (χ0v) is 17.9. The first kappa shape index (κ1) is 21.9. The van der Waals surface area contributed by atoms with E-state index in [1.165, 1.54) is 5.56 Å². The predicted molar refractivity (Wildman–Crippen MR) is 118 cm³/mol. The van der Waals surface area contributed by atoms with E-state index < -0.39 is 0 Å². The summed E-state index contributed by atoms with van der Waals surface area (Å²) in [6, 6.07) is 11.3. The number of benzene rings is 1. The van der Waals surface area contributed by atoms with Crippen molar-refractivity contribution in [1.29, 1.82) is 0 Å². The second kappa shape index (κ2) is 10.8. The van der Waals surface area contributed by atoms with E-state index in [1.807, 2.05) is 50.5 Å². The third kappa shape index (κ3) is 6.11. The van der Waals surface area contributed by atoms with Gasteiger partial charge in [-0.3, -0.25) is 24.4 Å². The van der Waals surface area contributed by atoms with Crippen molar-refractivity contribution in [3.05, 3.63) is 59.9 Å². The number of anilines is 1. The van der Waals surface area contributed by atoms with Crippen LogP contribution in [-0.2, 0) is 11.3 Å². The standard InChI is InChI=1S/C23H31N5O2/c1-3-28(4-2)23(30)20-6-5-7-21(16-20)25-22(29)18-27-14-12-26(13-15-27)17-19-8-10-24-11-9-19/h5-11,16H,3-4,12-15,17-18H2,1-2H3,(H,25,29). The van der Waals surface area contributed by atoms with Crippen LogP contribution < -0.4 is 5.32 Å². The highest BCUT2D eigenvalue weighted by atomic mass is 16.2. The summed E-state index contributed by atoms with van der Waals surface area (Å²) in [7, 11) is 0. The second-order valence-electron chi connectivity index (χ2n) is 7.51. The van der Waals surface area contributed by atoms with Gasteiger partial charge in [-0.25, -0.2) is 0 Å². The highest BCUT2D eigenvalue weighted by Crippen LogP contribution is 2.14. The molecule has 0 bridgehead atoms. The molecule has 0 radical (unpaired) electrons. The van der Waals surface area contributed by atoms with Crippen molar-refractivity contribution < 1.29 is 9.59 Å². The number of pyridine rings is 1. The molecule has 1 fully saturated rings. The molecule has 1 aromatic carbocycles. The Bertz CT molecular complexity index is 830. The van der Waals surface area contributed by atoms with Crippen LogP contribution in [0.5, 0.6) is 0 Å². The lowest BCUT2D eigenvalue weighted by molar-refractivity contribution is -0.117. The molecule has 2 heterocycles. The molecule has 1 aliphatic rings. The lowest BCUT2D eigenvalue weighted by Gasteiger charge is -2.34. The topological polar surface area (TPSA) is 68.8 Å². The molecule has 2 amide bonds. The van der Waals surface area contributed by atoms with Crippen LogP contribution in [-0.4, -0.2) is 77.3 Å². The molecule has 0 atom stereocenters. The SMILES string of the molecule is CCN(CC)C(=O)c1cccc(NC(=O)CN2CCN(Cc3ccncc3)CC2)c1. The number of rotatable bonds is 8. The Kier molecular flexibility index (Phi) is 7.93. The fourth-order valence-corrected chi connectivity index (χ4v) is 3.68. The normalized spacial score (nSPS) is 15.0. The molecule has 0 saturated carbocycles. The number of hydrogen-bond donors (Lipinski definition) is 1. The van der Waals surface area contributed by atoms with Crippen LogP contribution in [0.3, 0.4) is 0 Å². The number of hydrogen-bond acceptors (Lipinski definition) is 5. The zero-order chi connectivity index (χ0) is 21.3. The third-order valence-electron chi connectivity index (χ3n) is 5.43. The molecule has 3 rings (SSSR count). The molecule has 0 unspecified atom stereocenters. The average Bonchev–Trinajstić information content (AvgIpc) is 2.77. The van der Waals surface area contributed by atoms with E-state index in [2.05, 4.69) is 20.1 Å². The Morgan fingerprint density at radius 1 is 1.00 bits per heavy atom. The Hall–Kier alpha value is -2.77. The first-order valence-corrected chi connectivity index (χ1v) is 10.6. The Balaban J connectivity index is 1.47. The van der Waals surface area contributed by atoms with Crippen molar-refractivity contribution in [2.75, 3.05) is 51.1 Å². The van der Waals surface area contributed by atoms with E-state index in [1.54, 1.807) is 17.0 Å². The highest BCUT2D eigenvalue weighted by Gasteiger charge is 2.19. The molecular weight excluding hydrogens is 378 g/mol. The molecule has 2 aromatic rings. The van der Waals surface area contributed by atoms with Crippen LogP contribution in [0.2, 0.25) is 0 Å². The van der Waals surface area contributed by atoms with E-state index in [0.29, 0.717) is 30.9 Å². The van der Waals surface area contributed by atoms with Crippen LogP contribution >= 0.6 is 0 Å². The van der Waals surface area contributed by atoms with Crippen LogP contribution in [0.15, 0.2) is 48.8 Å². The molecule has 160 valence electrons. The van der Waals surface area contributed by atoms with E-state index in [-0.39, 0.29) is 11.8 Å². The van der Waals surface area contributed by atoms with Crippen molar-refractivity contribution in [3.63, 3.8) is 0 Å². The number of amides is 2. The number of nitrogens with one attached hydrogen (secondary N) is 1. The monoisotopic (exact) mass is 409 g/mol. The molecule has 0 aliphatic carbocycles. The van der Waals surface area contributed by atoms with Gasteiger partial charge < -0.3 is 10.2 Å². The summed E-state index contributed by atoms with van der Waals surface area (Å²) in [5, 5.41) is 2.94. The quantitative estimate of drug-likeness (QED) is 0.725. The van der Waals surface area contributed by atoms with Crippen molar-refractivity contribution in [1.82, 2.24) is 19.7 Å². The lowest BCUT2D eigenvalue weighted by Crippen LogP contribution is -2.48. The van der Waals surface area contributed by atoms with Gasteiger partial charge in [-0.2, -0.15) is 0 Å². The van der Waals surface area contributed by atoms with Gasteiger partial charge in [0.1, 0.15) is 0 Å². The minimum atomic E-state index is -0.0509. The minimum Gasteiger partial charge on any atom is -0.339 e. The van der Waals surface area contributed by atoms with Gasteiger partial charge in [-0.1, -0.05) is 6.07 Å². The molecular formula is C23H31N5O2. The number of nitrogens with zero attached hydrogens (tertiary/aromatic N) is 4. The summed E-state index contributed by atoms with van der Waals surface area (Å²) in [5.74, 6) is -0.0635. The smallest absolute Gasteiger partial charge is 0.253 e. The average molecular weight is 410 g/mol. The zero-order valence-electron chi connectivity index (χ0n) is 17.9. The summed E-state index contributed by atoms with van der Waals surface area (Å²) in [6.45, 7) is 10.1. The van der Waals surface area contributed by atoms with Crippen LogP contribution in [0.25, 0.3) is 0 Å². The largest absolute Gasteiger partial charge is 0.339 e. The fourth-order valence-electron chi connectivity index (χ4n) is 3.68. The van der Waals surface area contributed by atoms with Crippen molar-refractivity contribution in [2.24, 2.45) is 0 Å². The number of piperazine rings is 1. The second-order valence-corrected chi connectivity index (χ2v) is 7.51. The number of carbonyl (C=O) groups is 2. The summed E-state index contributed by atoms with van der Waals surface area (Å²) in [4.78, 5) is 35.4. The third-order valence-corrected chi connectivity index (χ3v) is 5.43. The highest BCUT2D eigenvalue weighted by molar-refractivity contribution is 5.97. The molecule has 1 aromatic heterocycles. The molecule has 30 heavy (non-hydrogen) atoms. The van der Waals surface area contributed by atoms with Gasteiger partial charge >= 0.3 is 0 Å². The number of aromatic nitrogens is 1. The van der Waals surface area contributed by atoms with E-state index in [9.17, 15) is 9.59 Å². The Morgan fingerprint density at radius 3 is 2.33 bits per heavy atom. The maximum Gasteiger partial charge on any atom is 0.253 e. The Morgan fingerprint density at radius 2 is 1.67 bits per heavy atom. The summed E-state index contributed by atoms with van der Waals surface area (Å²) >= 11 is 0. The van der Waals surface area contributed by atoms with Gasteiger partial charge in [0, 0.05) is 69.5 Å². The molecule has 1 aliphatic heterocycles. The fraction of sp³-hybridized carbons (Fsp3) is 0.435. The van der Waals surface area contributed by atoms with Crippen molar-refractivity contribution in [3.8, 4) is 0 Å². The van der Waals surface area contributed by atoms with Gasteiger partial charge in [0.25, 0.3) is 5.91 Å². The summed E-state index contributed by atoms with van der Waals surface area (Å²) < 4.78 is 0. The maximum absolute atomic E-state index is 12.5. The first-order chi connectivity index (χ1) is 14.6. The first-order valence-electron chi connectivity index (χ1n) is 10.6. The van der Waals surface area contributed by atoms with Crippen LogP contribution in [0.4, 0.5) is 5.69 Å². The van der Waals surface area contributed by atoms with E-state index in [4.69, 9.17) is 0 Å². The van der Waals surface area contributed by atoms with Crippen molar-refractivity contribution >= 4 is 17.5 Å². The van der Waals surface area contributed by atoms with Crippen molar-refractivity contribution in [2.45, 2.75) is 20.4 Å². The van der Waals surface area contributed by atoms with Gasteiger partial charge in [0.2, 0.25) is 5.91 Å². The van der Waals surface area contributed by atoms with Crippen LogP contribution in [0.1, 0.15) is 29.8 Å². The molecule has 7 nitrogen and oxygen atoms in total. The molecule has 1 saturated heterocycles. The molecule has 0 spiro atoms. The molecule has 1 N–H and O–H groups in total. The maximum atomic E-state index is 12.5.